The molecule has 8 heteroatoms. The maximum atomic E-state index is 13.1. The fraction of sp³-hybridized carbons (Fsp3) is 0.417. The van der Waals surface area contributed by atoms with Gasteiger partial charge in [-0.2, -0.15) is 0 Å². The van der Waals surface area contributed by atoms with Crippen LogP contribution in [-0.4, -0.2) is 25.0 Å². The van der Waals surface area contributed by atoms with Crippen molar-refractivity contribution in [1.29, 1.82) is 0 Å². The molecule has 4 aromatic rings. The lowest BCUT2D eigenvalue weighted by atomic mass is 9.97. The van der Waals surface area contributed by atoms with E-state index < -0.39 is 0 Å². The number of para-hydroxylation sites is 2. The Hall–Kier alpha value is -3.00. The first-order valence-corrected chi connectivity index (χ1v) is 12.1. The van der Waals surface area contributed by atoms with Crippen molar-refractivity contribution in [2.75, 3.05) is 0 Å². The van der Waals surface area contributed by atoms with Crippen molar-refractivity contribution in [3.8, 4) is 0 Å². The summed E-state index contributed by atoms with van der Waals surface area (Å²) in [5, 5.41) is 3.81. The van der Waals surface area contributed by atoms with Crippen molar-refractivity contribution in [3.63, 3.8) is 0 Å². The van der Waals surface area contributed by atoms with Gasteiger partial charge in [0.15, 0.2) is 0 Å². The molecule has 1 N–H and O–H groups in total. The Morgan fingerprint density at radius 1 is 1.25 bits per heavy atom. The first kappa shape index (κ1) is 20.9. The number of amides is 1. The van der Waals surface area contributed by atoms with Gasteiger partial charge in [-0.15, -0.1) is 11.3 Å². The third-order valence-electron chi connectivity index (χ3n) is 6.29. The van der Waals surface area contributed by atoms with E-state index in [1.165, 1.54) is 16.9 Å². The van der Waals surface area contributed by atoms with Gasteiger partial charge < -0.3 is 9.88 Å². The number of thiophene rings is 1. The number of aryl methyl sites for hydroxylation is 4. The van der Waals surface area contributed by atoms with Crippen LogP contribution in [0.15, 0.2) is 35.4 Å². The minimum absolute atomic E-state index is 0.0250. The zero-order valence-corrected chi connectivity index (χ0v) is 19.2. The average Bonchev–Trinajstić information content (AvgIpc) is 3.37. The number of nitrogens with zero attached hydrogens (tertiary/aromatic N) is 4. The molecule has 0 fully saturated rings. The fourth-order valence-corrected chi connectivity index (χ4v) is 5.92. The van der Waals surface area contributed by atoms with Gasteiger partial charge in [0.1, 0.15) is 10.7 Å². The molecule has 0 aliphatic heterocycles. The molecule has 1 atom stereocenters. The minimum atomic E-state index is -0.226. The number of carbonyl (C=O) groups excluding carboxylic acids is 1. The molecule has 1 unspecified atom stereocenters. The molecule has 5 rings (SSSR count). The van der Waals surface area contributed by atoms with Crippen molar-refractivity contribution in [2.45, 2.75) is 65.1 Å². The highest BCUT2D eigenvalue weighted by molar-refractivity contribution is 7.18. The topological polar surface area (TPSA) is 81.8 Å². The normalized spacial score (nSPS) is 14.6. The molecule has 0 saturated heterocycles. The Morgan fingerprint density at radius 2 is 2.06 bits per heavy atom. The lowest BCUT2D eigenvalue weighted by Crippen LogP contribution is -2.31. The third kappa shape index (κ3) is 3.62. The summed E-state index contributed by atoms with van der Waals surface area (Å²) < 4.78 is 3.71. The van der Waals surface area contributed by atoms with Crippen LogP contribution in [0.3, 0.4) is 0 Å². The predicted molar refractivity (Wildman–Crippen MR) is 127 cm³/mol. The van der Waals surface area contributed by atoms with Gasteiger partial charge in [-0.1, -0.05) is 12.1 Å². The molecule has 1 aromatic carbocycles. The van der Waals surface area contributed by atoms with E-state index in [2.05, 4.69) is 21.8 Å². The maximum Gasteiger partial charge on any atom is 0.262 e. The molecule has 0 bridgehead atoms. The van der Waals surface area contributed by atoms with Crippen LogP contribution in [0.1, 0.15) is 55.4 Å². The number of nitrogens with one attached hydrogen (secondary N) is 1. The van der Waals surface area contributed by atoms with Gasteiger partial charge in [0.05, 0.1) is 28.8 Å². The van der Waals surface area contributed by atoms with E-state index in [-0.39, 0.29) is 23.9 Å². The number of fused-ring (bicyclic) bond motifs is 4. The number of imidazole rings is 1. The molecule has 3 heterocycles. The Morgan fingerprint density at radius 3 is 2.91 bits per heavy atom. The highest BCUT2D eigenvalue weighted by Gasteiger charge is 2.21. The van der Waals surface area contributed by atoms with E-state index in [1.54, 1.807) is 22.2 Å². The van der Waals surface area contributed by atoms with Crippen molar-refractivity contribution in [3.05, 3.63) is 57.2 Å². The van der Waals surface area contributed by atoms with Crippen LogP contribution < -0.4 is 10.9 Å². The summed E-state index contributed by atoms with van der Waals surface area (Å²) in [6.45, 7) is 5.12. The summed E-state index contributed by atoms with van der Waals surface area (Å²) in [7, 11) is 0. The molecule has 3 aromatic heterocycles. The standard InChI is InChI=1S/C24H27N5O2S/c1-3-29-18-10-6-5-9-17(18)27-22(29)15(2)26-20(30)12-13-28-14-25-23-21(24(28)31)16-8-4-7-11-19(16)32-23/h5-6,9-10,14-15H,3-4,7-8,11-13H2,1-2H3,(H,26,30). The zero-order chi connectivity index (χ0) is 22.2. The molecule has 0 radical (unpaired) electrons. The number of rotatable bonds is 6. The van der Waals surface area contributed by atoms with Gasteiger partial charge in [-0.05, 0) is 57.2 Å². The number of benzene rings is 1. The zero-order valence-electron chi connectivity index (χ0n) is 18.4. The van der Waals surface area contributed by atoms with Crippen LogP contribution in [-0.2, 0) is 30.7 Å². The third-order valence-corrected chi connectivity index (χ3v) is 7.49. The van der Waals surface area contributed by atoms with Crippen LogP contribution in [0.2, 0.25) is 0 Å². The number of aromatic nitrogens is 4. The van der Waals surface area contributed by atoms with Crippen molar-refractivity contribution in [1.82, 2.24) is 24.4 Å². The van der Waals surface area contributed by atoms with E-state index in [1.807, 2.05) is 31.2 Å². The van der Waals surface area contributed by atoms with E-state index in [4.69, 9.17) is 4.98 Å². The second-order valence-corrected chi connectivity index (χ2v) is 9.46. The number of carbonyl (C=O) groups is 1. The fourth-order valence-electron chi connectivity index (χ4n) is 4.70. The van der Waals surface area contributed by atoms with Gasteiger partial charge in [-0.3, -0.25) is 14.2 Å². The average molecular weight is 450 g/mol. The monoisotopic (exact) mass is 449 g/mol. The van der Waals surface area contributed by atoms with Crippen LogP contribution in [0.5, 0.6) is 0 Å². The van der Waals surface area contributed by atoms with Gasteiger partial charge in [0, 0.05) is 24.4 Å². The largest absolute Gasteiger partial charge is 0.346 e. The second-order valence-electron chi connectivity index (χ2n) is 8.38. The first-order chi connectivity index (χ1) is 15.6. The number of hydrogen-bond donors (Lipinski definition) is 1. The van der Waals surface area contributed by atoms with Gasteiger partial charge in [-0.25, -0.2) is 9.97 Å². The summed E-state index contributed by atoms with van der Waals surface area (Å²) >= 11 is 1.65. The van der Waals surface area contributed by atoms with E-state index in [9.17, 15) is 9.59 Å². The molecule has 32 heavy (non-hydrogen) atoms. The SMILES string of the molecule is CCn1c(C(C)NC(=O)CCn2cnc3sc4c(c3c2=O)CCCC4)nc2ccccc21. The molecule has 166 valence electrons. The van der Waals surface area contributed by atoms with E-state index >= 15 is 0 Å². The highest BCUT2D eigenvalue weighted by Crippen LogP contribution is 2.33. The van der Waals surface area contributed by atoms with Crippen LogP contribution >= 0.6 is 11.3 Å². The lowest BCUT2D eigenvalue weighted by molar-refractivity contribution is -0.122. The Balaban J connectivity index is 1.31. The highest BCUT2D eigenvalue weighted by atomic mass is 32.1. The summed E-state index contributed by atoms with van der Waals surface area (Å²) in [4.78, 5) is 37.1. The van der Waals surface area contributed by atoms with Crippen molar-refractivity contribution in [2.24, 2.45) is 0 Å². The Kier molecular flexibility index (Phi) is 5.55. The molecular weight excluding hydrogens is 422 g/mol. The van der Waals surface area contributed by atoms with Gasteiger partial charge in [0.2, 0.25) is 5.91 Å². The second kappa shape index (κ2) is 8.50. The smallest absolute Gasteiger partial charge is 0.262 e. The summed E-state index contributed by atoms with van der Waals surface area (Å²) in [5.74, 6) is 0.735. The van der Waals surface area contributed by atoms with Crippen LogP contribution in [0.25, 0.3) is 21.3 Å². The summed E-state index contributed by atoms with van der Waals surface area (Å²) in [6, 6.07) is 7.77. The molecule has 0 saturated carbocycles. The quantitative estimate of drug-likeness (QED) is 0.483. The lowest BCUT2D eigenvalue weighted by Gasteiger charge is -2.15. The minimum Gasteiger partial charge on any atom is -0.346 e. The molecule has 1 aliphatic rings. The van der Waals surface area contributed by atoms with Crippen LogP contribution in [0, 0.1) is 0 Å². The molecule has 1 amide bonds. The van der Waals surface area contributed by atoms with E-state index in [0.717, 1.165) is 52.9 Å². The molecular formula is C24H27N5O2S. The molecule has 7 nitrogen and oxygen atoms in total. The predicted octanol–water partition coefficient (Wildman–Crippen LogP) is 3.97. The van der Waals surface area contributed by atoms with Crippen molar-refractivity contribution >= 4 is 38.5 Å². The summed E-state index contributed by atoms with van der Waals surface area (Å²) in [6.07, 6.45) is 6.09. The number of hydrogen-bond acceptors (Lipinski definition) is 5. The van der Waals surface area contributed by atoms with Crippen LogP contribution in [0.4, 0.5) is 0 Å². The molecule has 1 aliphatic carbocycles. The van der Waals surface area contributed by atoms with Gasteiger partial charge in [0.25, 0.3) is 5.56 Å². The first-order valence-electron chi connectivity index (χ1n) is 11.3. The van der Waals surface area contributed by atoms with E-state index in [0.29, 0.717) is 6.54 Å². The Labute approximate surface area is 190 Å². The maximum absolute atomic E-state index is 13.1. The summed E-state index contributed by atoms with van der Waals surface area (Å²) in [5.41, 5.74) is 3.15. The molecule has 0 spiro atoms. The van der Waals surface area contributed by atoms with Crippen molar-refractivity contribution < 1.29 is 4.79 Å². The Bertz CT molecular complexity index is 1370. The van der Waals surface area contributed by atoms with Gasteiger partial charge >= 0.3 is 0 Å².